The Morgan fingerprint density at radius 1 is 1.04 bits per heavy atom. The van der Waals surface area contributed by atoms with Gasteiger partial charge in [-0.25, -0.2) is 4.79 Å². The number of hydrogen-bond donors (Lipinski definition) is 2. The van der Waals surface area contributed by atoms with Crippen molar-refractivity contribution < 1.29 is 29.3 Å². The van der Waals surface area contributed by atoms with Gasteiger partial charge in [0.2, 0.25) is 0 Å². The third-order valence-electron chi connectivity index (χ3n) is 5.22. The van der Waals surface area contributed by atoms with Gasteiger partial charge in [-0.05, 0) is 32.1 Å². The van der Waals surface area contributed by atoms with E-state index in [9.17, 15) is 19.8 Å². The van der Waals surface area contributed by atoms with Crippen LogP contribution in [0.25, 0.3) is 0 Å². The van der Waals surface area contributed by atoms with E-state index in [-0.39, 0.29) is 24.2 Å². The van der Waals surface area contributed by atoms with Crippen LogP contribution >= 0.6 is 0 Å². The minimum Gasteiger partial charge on any atom is -0.485 e. The second-order valence-electron chi connectivity index (χ2n) is 7.35. The van der Waals surface area contributed by atoms with Gasteiger partial charge in [0.25, 0.3) is 0 Å². The number of ether oxygens (including phenoxy) is 2. The Labute approximate surface area is 164 Å². The van der Waals surface area contributed by atoms with Crippen LogP contribution in [0.3, 0.4) is 0 Å². The van der Waals surface area contributed by atoms with Gasteiger partial charge < -0.3 is 19.7 Å². The summed E-state index contributed by atoms with van der Waals surface area (Å²) in [5.41, 5.74) is 0.269. The highest BCUT2D eigenvalue weighted by molar-refractivity contribution is 5.98. The van der Waals surface area contributed by atoms with Gasteiger partial charge in [-0.2, -0.15) is 0 Å². The van der Waals surface area contributed by atoms with Crippen molar-refractivity contribution in [3.63, 3.8) is 0 Å². The van der Waals surface area contributed by atoms with Gasteiger partial charge in [0.1, 0.15) is 18.0 Å². The van der Waals surface area contributed by atoms with Gasteiger partial charge in [0.15, 0.2) is 5.78 Å². The quantitative estimate of drug-likeness (QED) is 0.570. The lowest BCUT2D eigenvalue weighted by molar-refractivity contribution is -0.147. The number of esters is 1. The van der Waals surface area contributed by atoms with Crippen LogP contribution in [0.2, 0.25) is 0 Å². The zero-order valence-corrected chi connectivity index (χ0v) is 16.0. The maximum atomic E-state index is 12.9. The molecule has 1 saturated heterocycles. The average Bonchev–Trinajstić information content (AvgIpc) is 2.98. The van der Waals surface area contributed by atoms with E-state index in [1.165, 1.54) is 6.08 Å². The molecule has 3 rings (SSSR count). The topological polar surface area (TPSA) is 93.1 Å². The summed E-state index contributed by atoms with van der Waals surface area (Å²) in [5.74, 6) is -2.01. The van der Waals surface area contributed by atoms with Crippen molar-refractivity contribution in [1.29, 1.82) is 0 Å². The molecule has 0 radical (unpaired) electrons. The molecule has 2 aliphatic heterocycles. The minimum absolute atomic E-state index is 0.0416. The Kier molecular flexibility index (Phi) is 6.31. The predicted octanol–water partition coefficient (Wildman–Crippen LogP) is 2.15. The molecule has 0 spiro atoms. The van der Waals surface area contributed by atoms with E-state index in [4.69, 9.17) is 9.47 Å². The number of carbonyl (C=O) groups excluding carboxylic acids is 2. The first-order chi connectivity index (χ1) is 13.4. The summed E-state index contributed by atoms with van der Waals surface area (Å²) in [6.45, 7) is 3.61. The maximum Gasteiger partial charge on any atom is 0.338 e. The molecule has 6 nitrogen and oxygen atoms in total. The smallest absolute Gasteiger partial charge is 0.338 e. The first-order valence-corrected chi connectivity index (χ1v) is 9.58. The number of aliphatic hydroxyl groups is 2. The monoisotopic (exact) mass is 386 g/mol. The zero-order chi connectivity index (χ0) is 20.3. The second kappa shape index (κ2) is 8.71. The fourth-order valence-electron chi connectivity index (χ4n) is 4.01. The summed E-state index contributed by atoms with van der Waals surface area (Å²) >= 11 is 0. The molecule has 0 amide bonds. The van der Waals surface area contributed by atoms with Crippen molar-refractivity contribution in [2.75, 3.05) is 0 Å². The lowest BCUT2D eigenvalue weighted by atomic mass is 9.72. The van der Waals surface area contributed by atoms with Crippen LogP contribution in [0.15, 0.2) is 59.9 Å². The molecule has 2 N–H and O–H groups in total. The fourth-order valence-corrected chi connectivity index (χ4v) is 4.01. The number of rotatable bonds is 3. The van der Waals surface area contributed by atoms with Gasteiger partial charge in [0.05, 0.1) is 23.7 Å². The summed E-state index contributed by atoms with van der Waals surface area (Å²) in [4.78, 5) is 25.4. The van der Waals surface area contributed by atoms with Crippen LogP contribution in [-0.4, -0.2) is 46.4 Å². The van der Waals surface area contributed by atoms with Crippen molar-refractivity contribution in [1.82, 2.24) is 0 Å². The molecule has 1 fully saturated rings. The Balaban J connectivity index is 2.02. The van der Waals surface area contributed by atoms with Crippen molar-refractivity contribution in [2.24, 2.45) is 11.8 Å². The molecule has 0 saturated carbocycles. The third kappa shape index (κ3) is 4.18. The number of cyclic esters (lactones) is 1. The van der Waals surface area contributed by atoms with Gasteiger partial charge in [-0.15, -0.1) is 0 Å². The second-order valence-corrected chi connectivity index (χ2v) is 7.35. The maximum absolute atomic E-state index is 12.9. The van der Waals surface area contributed by atoms with E-state index in [0.29, 0.717) is 5.76 Å². The summed E-state index contributed by atoms with van der Waals surface area (Å²) in [5, 5.41) is 20.9. The third-order valence-corrected chi connectivity index (χ3v) is 5.22. The molecule has 3 aliphatic rings. The molecule has 0 aromatic carbocycles. The summed E-state index contributed by atoms with van der Waals surface area (Å²) in [7, 11) is 0. The van der Waals surface area contributed by atoms with E-state index < -0.39 is 42.2 Å². The highest BCUT2D eigenvalue weighted by Crippen LogP contribution is 2.43. The van der Waals surface area contributed by atoms with Crippen LogP contribution in [0.5, 0.6) is 0 Å². The molecule has 0 aromatic heterocycles. The highest BCUT2D eigenvalue weighted by Gasteiger charge is 2.51. The lowest BCUT2D eigenvalue weighted by Gasteiger charge is -2.34. The normalized spacial score (nSPS) is 36.3. The van der Waals surface area contributed by atoms with Crippen molar-refractivity contribution in [2.45, 2.75) is 51.1 Å². The minimum atomic E-state index is -1.07. The molecule has 28 heavy (non-hydrogen) atoms. The number of hydrogen-bond acceptors (Lipinski definition) is 6. The number of aliphatic hydroxyl groups excluding tert-OH is 2. The van der Waals surface area contributed by atoms with Crippen molar-refractivity contribution in [3.05, 3.63) is 59.9 Å². The fraction of sp³-hybridized carbons (Fsp3) is 0.455. The summed E-state index contributed by atoms with van der Waals surface area (Å²) in [6.07, 6.45) is 11.1. The summed E-state index contributed by atoms with van der Waals surface area (Å²) < 4.78 is 11.4. The van der Waals surface area contributed by atoms with E-state index in [1.807, 2.05) is 25.2 Å². The Bertz CT molecular complexity index is 772. The Hall–Kier alpha value is -2.44. The van der Waals surface area contributed by atoms with Crippen LogP contribution in [0.1, 0.15) is 26.7 Å². The van der Waals surface area contributed by atoms with Crippen LogP contribution in [-0.2, 0) is 19.1 Å². The van der Waals surface area contributed by atoms with Gasteiger partial charge in [-0.1, -0.05) is 30.4 Å². The molecule has 6 atom stereocenters. The number of carbonyl (C=O) groups is 2. The van der Waals surface area contributed by atoms with E-state index in [2.05, 4.69) is 0 Å². The van der Waals surface area contributed by atoms with E-state index in [0.717, 1.165) is 0 Å². The lowest BCUT2D eigenvalue weighted by Crippen LogP contribution is -2.45. The standard InChI is InChI=1S/C22H26O6/c1-3-4-5-6-7-8-17-21-20-18(28-17)10-9-15(24)19(20)16(25)12-14(23)11-13(2)27-22(21)26/h3-10,13-14,16,18-20,23,25H,11-12H2,1-2H3/b4-3+,6-5-,8-7+/t13-,14-,16-,18+,19+,20+/m1/s1. The van der Waals surface area contributed by atoms with Crippen LogP contribution in [0, 0.1) is 11.8 Å². The van der Waals surface area contributed by atoms with Gasteiger partial charge in [0, 0.05) is 18.8 Å². The zero-order valence-electron chi connectivity index (χ0n) is 16.0. The largest absolute Gasteiger partial charge is 0.485 e. The van der Waals surface area contributed by atoms with Crippen LogP contribution < -0.4 is 0 Å². The Morgan fingerprint density at radius 2 is 1.79 bits per heavy atom. The molecule has 0 bridgehead atoms. The first kappa shape index (κ1) is 20.3. The van der Waals surface area contributed by atoms with Crippen LogP contribution in [0.4, 0.5) is 0 Å². The van der Waals surface area contributed by atoms with Gasteiger partial charge >= 0.3 is 5.97 Å². The van der Waals surface area contributed by atoms with E-state index >= 15 is 0 Å². The SMILES string of the molecule is C/C=C/C=C\C=C\C1=C2C(=O)O[C@H](C)C[C@@H](O)C[C@@H](O)[C@@H]3C(=O)C=C[C@H](O1)[C@H]23. The number of allylic oxidation sites excluding steroid dienone is 7. The van der Waals surface area contributed by atoms with Crippen molar-refractivity contribution in [3.8, 4) is 0 Å². The Morgan fingerprint density at radius 3 is 2.54 bits per heavy atom. The molecule has 0 unspecified atom stereocenters. The first-order valence-electron chi connectivity index (χ1n) is 9.58. The molecule has 0 aromatic rings. The van der Waals surface area contributed by atoms with Gasteiger partial charge in [-0.3, -0.25) is 4.79 Å². The molecule has 1 aliphatic carbocycles. The molecular formula is C22H26O6. The highest BCUT2D eigenvalue weighted by atomic mass is 16.5. The molecule has 2 heterocycles. The van der Waals surface area contributed by atoms with E-state index in [1.54, 1.807) is 31.2 Å². The molecule has 150 valence electrons. The predicted molar refractivity (Wildman–Crippen MR) is 103 cm³/mol. The summed E-state index contributed by atoms with van der Waals surface area (Å²) in [6, 6.07) is 0. The molecular weight excluding hydrogens is 360 g/mol. The van der Waals surface area contributed by atoms with Crippen molar-refractivity contribution >= 4 is 11.8 Å². The molecule has 6 heteroatoms. The average molecular weight is 386 g/mol. The number of ketones is 1.